The van der Waals surface area contributed by atoms with Crippen LogP contribution in [0.15, 0.2) is 30.3 Å². The molecule has 0 bridgehead atoms. The minimum Gasteiger partial charge on any atom is -0.314 e. The monoisotopic (exact) mass is 270 g/mol. The van der Waals surface area contributed by atoms with E-state index in [1.54, 1.807) is 0 Å². The fraction of sp³-hybridized carbons (Fsp3) is 0.500. The number of pyridine rings is 1. The number of aryl methyl sites for hydroxylation is 1. The summed E-state index contributed by atoms with van der Waals surface area (Å²) in [4.78, 5) is 4.66. The molecule has 2 atom stereocenters. The summed E-state index contributed by atoms with van der Waals surface area (Å²) in [6, 6.07) is 11.2. The zero-order chi connectivity index (χ0) is 14.7. The zero-order valence-electron chi connectivity index (χ0n) is 13.3. The molecule has 2 unspecified atom stereocenters. The Hall–Kier alpha value is -1.41. The van der Waals surface area contributed by atoms with Crippen LogP contribution in [-0.2, 0) is 0 Å². The summed E-state index contributed by atoms with van der Waals surface area (Å²) < 4.78 is 0. The van der Waals surface area contributed by atoms with Gasteiger partial charge in [0.05, 0.1) is 5.52 Å². The fourth-order valence-corrected chi connectivity index (χ4v) is 3.27. The molecule has 0 fully saturated rings. The van der Waals surface area contributed by atoms with Crippen molar-refractivity contribution in [3.63, 3.8) is 0 Å². The van der Waals surface area contributed by atoms with Gasteiger partial charge in [-0.2, -0.15) is 0 Å². The van der Waals surface area contributed by atoms with Crippen LogP contribution in [0.1, 0.15) is 44.9 Å². The second-order valence-corrected chi connectivity index (χ2v) is 5.99. The summed E-state index contributed by atoms with van der Waals surface area (Å²) in [5, 5.41) is 4.88. The summed E-state index contributed by atoms with van der Waals surface area (Å²) in [5.74, 6) is 1.09. The van der Waals surface area contributed by atoms with Gasteiger partial charge in [-0.3, -0.25) is 4.98 Å². The largest absolute Gasteiger partial charge is 0.314 e. The van der Waals surface area contributed by atoms with Gasteiger partial charge in [0.1, 0.15) is 0 Å². The van der Waals surface area contributed by atoms with Crippen molar-refractivity contribution in [2.24, 2.45) is 5.92 Å². The van der Waals surface area contributed by atoms with Gasteiger partial charge >= 0.3 is 0 Å². The highest BCUT2D eigenvalue weighted by molar-refractivity contribution is 5.83. The highest BCUT2D eigenvalue weighted by Gasteiger charge is 2.24. The van der Waals surface area contributed by atoms with Crippen molar-refractivity contribution in [2.75, 3.05) is 6.54 Å². The van der Waals surface area contributed by atoms with Crippen LogP contribution in [0.25, 0.3) is 10.9 Å². The van der Waals surface area contributed by atoms with Crippen LogP contribution in [-0.4, -0.2) is 17.6 Å². The number of para-hydroxylation sites is 1. The summed E-state index contributed by atoms with van der Waals surface area (Å²) >= 11 is 0. The second kappa shape index (κ2) is 6.36. The lowest BCUT2D eigenvalue weighted by molar-refractivity contribution is 0.384. The maximum absolute atomic E-state index is 4.66. The summed E-state index contributed by atoms with van der Waals surface area (Å²) in [5.41, 5.74) is 3.64. The third-order valence-corrected chi connectivity index (χ3v) is 4.02. The number of rotatable bonds is 5. The van der Waals surface area contributed by atoms with Crippen LogP contribution in [0.2, 0.25) is 0 Å². The van der Waals surface area contributed by atoms with E-state index in [-0.39, 0.29) is 0 Å². The van der Waals surface area contributed by atoms with E-state index >= 15 is 0 Å². The number of aromatic nitrogens is 1. The Balaban J connectivity index is 2.58. The molecule has 1 aromatic heterocycles. The normalized spacial score (nSPS) is 14.7. The summed E-state index contributed by atoms with van der Waals surface area (Å²) in [6.45, 7) is 12.2. The van der Waals surface area contributed by atoms with E-state index in [2.05, 4.69) is 75.3 Å². The molecular formula is C18H26N2. The minimum atomic E-state index is 0.463. The number of nitrogens with one attached hydrogen (secondary N) is 1. The SMILES string of the molecule is CCNC(C)C(c1cc(C)nc2ccccc12)C(C)C. The van der Waals surface area contributed by atoms with E-state index in [4.69, 9.17) is 0 Å². The van der Waals surface area contributed by atoms with Gasteiger partial charge in [0.15, 0.2) is 0 Å². The van der Waals surface area contributed by atoms with Crippen molar-refractivity contribution in [2.45, 2.75) is 46.6 Å². The maximum atomic E-state index is 4.66. The van der Waals surface area contributed by atoms with Crippen LogP contribution >= 0.6 is 0 Å². The van der Waals surface area contributed by atoms with Gasteiger partial charge < -0.3 is 5.32 Å². The molecule has 20 heavy (non-hydrogen) atoms. The van der Waals surface area contributed by atoms with Crippen molar-refractivity contribution in [3.05, 3.63) is 41.6 Å². The maximum Gasteiger partial charge on any atom is 0.0708 e. The number of hydrogen-bond acceptors (Lipinski definition) is 2. The average Bonchev–Trinajstić information content (AvgIpc) is 2.38. The van der Waals surface area contributed by atoms with Gasteiger partial charge in [-0.1, -0.05) is 39.0 Å². The van der Waals surface area contributed by atoms with Gasteiger partial charge in [0.25, 0.3) is 0 Å². The molecule has 2 rings (SSSR count). The number of nitrogens with zero attached hydrogens (tertiary/aromatic N) is 1. The third kappa shape index (κ3) is 3.01. The third-order valence-electron chi connectivity index (χ3n) is 4.02. The molecule has 0 aliphatic heterocycles. The Kier molecular flexibility index (Phi) is 4.77. The van der Waals surface area contributed by atoms with Crippen molar-refractivity contribution >= 4 is 10.9 Å². The van der Waals surface area contributed by atoms with E-state index in [1.165, 1.54) is 10.9 Å². The fourth-order valence-electron chi connectivity index (χ4n) is 3.27. The first-order valence-electron chi connectivity index (χ1n) is 7.64. The standard InChI is InChI=1S/C18H26N2/c1-6-19-14(5)18(12(2)3)16-11-13(4)20-17-10-8-7-9-15(16)17/h7-12,14,18-19H,6H2,1-5H3. The molecule has 108 valence electrons. The molecule has 0 spiro atoms. The summed E-state index contributed by atoms with van der Waals surface area (Å²) in [6.07, 6.45) is 0. The van der Waals surface area contributed by atoms with Crippen LogP contribution in [0.4, 0.5) is 0 Å². The molecule has 0 saturated heterocycles. The first kappa shape index (κ1) is 15.0. The Labute approximate surface area is 122 Å². The van der Waals surface area contributed by atoms with Gasteiger partial charge in [-0.15, -0.1) is 0 Å². The highest BCUT2D eigenvalue weighted by Crippen LogP contribution is 2.33. The molecule has 0 saturated carbocycles. The lowest BCUT2D eigenvalue weighted by Gasteiger charge is -2.29. The predicted molar refractivity (Wildman–Crippen MR) is 87.2 cm³/mol. The van der Waals surface area contributed by atoms with Crippen LogP contribution in [0.3, 0.4) is 0 Å². The minimum absolute atomic E-state index is 0.463. The van der Waals surface area contributed by atoms with Crippen LogP contribution < -0.4 is 5.32 Å². The average molecular weight is 270 g/mol. The highest BCUT2D eigenvalue weighted by atomic mass is 14.9. The van der Waals surface area contributed by atoms with Crippen molar-refractivity contribution in [3.8, 4) is 0 Å². The van der Waals surface area contributed by atoms with Gasteiger partial charge in [-0.05, 0) is 44.0 Å². The van der Waals surface area contributed by atoms with Crippen molar-refractivity contribution in [1.82, 2.24) is 10.3 Å². The molecular weight excluding hydrogens is 244 g/mol. The molecule has 2 heteroatoms. The number of likely N-dealkylation sites (N-methyl/N-ethyl adjacent to an activating group) is 1. The predicted octanol–water partition coefficient (Wildman–Crippen LogP) is 4.28. The first-order chi connectivity index (χ1) is 9.54. The molecule has 0 amide bonds. The lowest BCUT2D eigenvalue weighted by Crippen LogP contribution is -2.34. The van der Waals surface area contributed by atoms with E-state index in [0.717, 1.165) is 17.8 Å². The smallest absolute Gasteiger partial charge is 0.0708 e. The molecule has 1 N–H and O–H groups in total. The van der Waals surface area contributed by atoms with Crippen molar-refractivity contribution < 1.29 is 0 Å². The van der Waals surface area contributed by atoms with E-state index in [1.807, 2.05) is 0 Å². The second-order valence-electron chi connectivity index (χ2n) is 5.99. The van der Waals surface area contributed by atoms with Crippen LogP contribution in [0, 0.1) is 12.8 Å². The number of fused-ring (bicyclic) bond motifs is 1. The molecule has 0 aliphatic carbocycles. The van der Waals surface area contributed by atoms with E-state index < -0.39 is 0 Å². The molecule has 0 radical (unpaired) electrons. The number of hydrogen-bond donors (Lipinski definition) is 1. The van der Waals surface area contributed by atoms with Crippen LogP contribution in [0.5, 0.6) is 0 Å². The van der Waals surface area contributed by atoms with Crippen molar-refractivity contribution in [1.29, 1.82) is 0 Å². The molecule has 1 heterocycles. The summed E-state index contributed by atoms with van der Waals surface area (Å²) in [7, 11) is 0. The Morgan fingerprint density at radius 3 is 2.50 bits per heavy atom. The molecule has 2 aromatic rings. The van der Waals surface area contributed by atoms with Gasteiger partial charge in [-0.25, -0.2) is 0 Å². The molecule has 1 aromatic carbocycles. The van der Waals surface area contributed by atoms with Gasteiger partial charge in [0.2, 0.25) is 0 Å². The molecule has 2 nitrogen and oxygen atoms in total. The number of benzene rings is 1. The topological polar surface area (TPSA) is 24.9 Å². The lowest BCUT2D eigenvalue weighted by atomic mass is 9.81. The van der Waals surface area contributed by atoms with E-state index in [9.17, 15) is 0 Å². The first-order valence-corrected chi connectivity index (χ1v) is 7.64. The Morgan fingerprint density at radius 2 is 1.85 bits per heavy atom. The zero-order valence-corrected chi connectivity index (χ0v) is 13.3. The van der Waals surface area contributed by atoms with E-state index in [0.29, 0.717) is 17.9 Å². The Morgan fingerprint density at radius 1 is 1.15 bits per heavy atom. The quantitative estimate of drug-likeness (QED) is 0.877. The molecule has 0 aliphatic rings. The van der Waals surface area contributed by atoms with Gasteiger partial charge in [0, 0.05) is 23.0 Å². The Bertz CT molecular complexity index is 575.